The van der Waals surface area contributed by atoms with E-state index in [1.165, 1.54) is 0 Å². The van der Waals surface area contributed by atoms with Gasteiger partial charge in [-0.05, 0) is 6.92 Å². The highest BCUT2D eigenvalue weighted by Gasteiger charge is 2.05. The first-order valence-corrected chi connectivity index (χ1v) is 3.13. The molecule has 0 aliphatic carbocycles. The van der Waals surface area contributed by atoms with E-state index < -0.39 is 12.6 Å². The van der Waals surface area contributed by atoms with E-state index in [2.05, 4.69) is 11.3 Å². The Morgan fingerprint density at radius 1 is 1.70 bits per heavy atom. The van der Waals surface area contributed by atoms with Crippen molar-refractivity contribution in [1.82, 2.24) is 0 Å². The van der Waals surface area contributed by atoms with Crippen LogP contribution in [0.1, 0.15) is 13.3 Å². The van der Waals surface area contributed by atoms with Crippen LogP contribution < -0.4 is 0 Å². The molecule has 0 bridgehead atoms. The molecule has 0 aliphatic rings. The molecule has 0 radical (unpaired) electrons. The molecule has 2 nitrogen and oxygen atoms in total. The topological polar surface area (TPSA) is 26.3 Å². The largest absolute Gasteiger partial charge is 0.463 e. The van der Waals surface area contributed by atoms with E-state index in [0.717, 1.165) is 0 Å². The predicted molar refractivity (Wildman–Crippen MR) is 36.4 cm³/mol. The summed E-state index contributed by atoms with van der Waals surface area (Å²) in [7, 11) is 0. The first kappa shape index (κ1) is 9.14. The van der Waals surface area contributed by atoms with Crippen LogP contribution in [-0.4, -0.2) is 19.3 Å². The predicted octanol–water partition coefficient (Wildman–Crippen LogP) is 1.47. The zero-order valence-electron chi connectivity index (χ0n) is 6.02. The summed E-state index contributed by atoms with van der Waals surface area (Å²) >= 11 is 0. The monoisotopic (exact) mass is 146 g/mol. The number of esters is 1. The molecular weight excluding hydrogens is 135 g/mol. The van der Waals surface area contributed by atoms with Crippen LogP contribution in [0.5, 0.6) is 0 Å². The van der Waals surface area contributed by atoms with E-state index in [4.69, 9.17) is 0 Å². The quantitative estimate of drug-likeness (QED) is 0.443. The van der Waals surface area contributed by atoms with Crippen LogP contribution in [-0.2, 0) is 9.53 Å². The van der Waals surface area contributed by atoms with Gasteiger partial charge in [0.1, 0.15) is 0 Å². The number of hydrogen-bond acceptors (Lipinski definition) is 2. The van der Waals surface area contributed by atoms with Crippen molar-refractivity contribution in [1.29, 1.82) is 0 Å². The minimum Gasteiger partial charge on any atom is -0.463 e. The lowest BCUT2D eigenvalue weighted by atomic mass is 10.2. The molecule has 0 unspecified atom stereocenters. The van der Waals surface area contributed by atoms with Crippen molar-refractivity contribution in [3.05, 3.63) is 12.2 Å². The van der Waals surface area contributed by atoms with Crippen LogP contribution in [0, 0.1) is 0 Å². The van der Waals surface area contributed by atoms with Gasteiger partial charge < -0.3 is 4.74 Å². The molecule has 10 heavy (non-hydrogen) atoms. The molecular formula is C7H11FO2. The van der Waals surface area contributed by atoms with Gasteiger partial charge in [0.05, 0.1) is 13.3 Å². The Labute approximate surface area is 59.7 Å². The van der Waals surface area contributed by atoms with Gasteiger partial charge in [0.15, 0.2) is 0 Å². The molecule has 0 rings (SSSR count). The van der Waals surface area contributed by atoms with Crippen LogP contribution in [0.4, 0.5) is 4.39 Å². The van der Waals surface area contributed by atoms with E-state index in [9.17, 15) is 9.18 Å². The van der Waals surface area contributed by atoms with Crippen molar-refractivity contribution >= 4 is 5.97 Å². The molecule has 0 aromatic rings. The fourth-order valence-corrected chi connectivity index (χ4v) is 0.449. The normalized spacial score (nSPS) is 9.00. The SMILES string of the molecule is C=C(CCF)C(=O)OCC. The second-order valence-corrected chi connectivity index (χ2v) is 1.76. The number of rotatable bonds is 4. The number of alkyl halides is 1. The zero-order chi connectivity index (χ0) is 7.98. The fraction of sp³-hybridized carbons (Fsp3) is 0.571. The van der Waals surface area contributed by atoms with Gasteiger partial charge in [-0.2, -0.15) is 0 Å². The van der Waals surface area contributed by atoms with Crippen molar-refractivity contribution in [3.63, 3.8) is 0 Å². The number of halogens is 1. The summed E-state index contributed by atoms with van der Waals surface area (Å²) in [4.78, 5) is 10.6. The van der Waals surface area contributed by atoms with Crippen molar-refractivity contribution in [2.75, 3.05) is 13.3 Å². The lowest BCUT2D eigenvalue weighted by molar-refractivity contribution is -0.138. The van der Waals surface area contributed by atoms with Crippen molar-refractivity contribution in [2.24, 2.45) is 0 Å². The van der Waals surface area contributed by atoms with Crippen molar-refractivity contribution in [2.45, 2.75) is 13.3 Å². The average Bonchev–Trinajstić information content (AvgIpc) is 1.89. The molecule has 0 aromatic carbocycles. The first-order chi connectivity index (χ1) is 4.72. The summed E-state index contributed by atoms with van der Waals surface area (Å²) in [6, 6.07) is 0. The van der Waals surface area contributed by atoms with Crippen LogP contribution in [0.25, 0.3) is 0 Å². The highest BCUT2D eigenvalue weighted by atomic mass is 19.1. The number of hydrogen-bond donors (Lipinski definition) is 0. The molecule has 0 heterocycles. The molecule has 0 N–H and O–H groups in total. The maximum atomic E-state index is 11.6. The molecule has 58 valence electrons. The molecule has 0 saturated heterocycles. The van der Waals surface area contributed by atoms with E-state index in [1.807, 2.05) is 0 Å². The second kappa shape index (κ2) is 4.97. The van der Waals surface area contributed by atoms with Gasteiger partial charge in [0, 0.05) is 12.0 Å². The van der Waals surface area contributed by atoms with Crippen molar-refractivity contribution < 1.29 is 13.9 Å². The number of carbonyl (C=O) groups is 1. The smallest absolute Gasteiger partial charge is 0.333 e. The van der Waals surface area contributed by atoms with Crippen LogP contribution in [0.15, 0.2) is 12.2 Å². The van der Waals surface area contributed by atoms with E-state index in [1.54, 1.807) is 6.92 Å². The standard InChI is InChI=1S/C7H11FO2/c1-3-10-7(9)6(2)4-5-8/h2-5H2,1H3. The lowest BCUT2D eigenvalue weighted by Crippen LogP contribution is -2.06. The first-order valence-electron chi connectivity index (χ1n) is 3.13. The van der Waals surface area contributed by atoms with Crippen LogP contribution in [0.3, 0.4) is 0 Å². The van der Waals surface area contributed by atoms with Gasteiger partial charge >= 0.3 is 5.97 Å². The minimum absolute atomic E-state index is 0.0683. The van der Waals surface area contributed by atoms with Gasteiger partial charge in [-0.15, -0.1) is 0 Å². The van der Waals surface area contributed by atoms with E-state index in [0.29, 0.717) is 6.61 Å². The van der Waals surface area contributed by atoms with Crippen LogP contribution >= 0.6 is 0 Å². The lowest BCUT2D eigenvalue weighted by Gasteiger charge is -2.00. The summed E-state index contributed by atoms with van der Waals surface area (Å²) in [5.41, 5.74) is 0.198. The Kier molecular flexibility index (Phi) is 4.54. The third kappa shape index (κ3) is 3.22. The van der Waals surface area contributed by atoms with E-state index in [-0.39, 0.29) is 12.0 Å². The Hall–Kier alpha value is -0.860. The minimum atomic E-state index is -0.558. The molecule has 0 amide bonds. The second-order valence-electron chi connectivity index (χ2n) is 1.76. The van der Waals surface area contributed by atoms with Gasteiger partial charge in [0.25, 0.3) is 0 Å². The van der Waals surface area contributed by atoms with Gasteiger partial charge in [0.2, 0.25) is 0 Å². The summed E-state index contributed by atoms with van der Waals surface area (Å²) in [5, 5.41) is 0. The Balaban J connectivity index is 3.60. The molecule has 0 aromatic heterocycles. The summed E-state index contributed by atoms with van der Waals surface area (Å²) in [6.07, 6.45) is 0.0683. The molecule has 0 spiro atoms. The number of carbonyl (C=O) groups excluding carboxylic acids is 1. The maximum Gasteiger partial charge on any atom is 0.333 e. The third-order valence-electron chi connectivity index (χ3n) is 0.960. The third-order valence-corrected chi connectivity index (χ3v) is 0.960. The summed E-state index contributed by atoms with van der Waals surface area (Å²) < 4.78 is 16.1. The molecule has 0 atom stereocenters. The summed E-state index contributed by atoms with van der Waals surface area (Å²) in [6.45, 7) is 4.80. The van der Waals surface area contributed by atoms with Gasteiger partial charge in [-0.1, -0.05) is 6.58 Å². The Morgan fingerprint density at radius 2 is 2.30 bits per heavy atom. The van der Waals surface area contributed by atoms with E-state index >= 15 is 0 Å². The van der Waals surface area contributed by atoms with Crippen molar-refractivity contribution in [3.8, 4) is 0 Å². The summed E-state index contributed by atoms with van der Waals surface area (Å²) in [5.74, 6) is -0.500. The average molecular weight is 146 g/mol. The molecule has 3 heteroatoms. The molecule has 0 saturated carbocycles. The molecule has 0 fully saturated rings. The maximum absolute atomic E-state index is 11.6. The Bertz CT molecular complexity index is 116. The van der Waals surface area contributed by atoms with Gasteiger partial charge in [-0.3, -0.25) is 4.39 Å². The van der Waals surface area contributed by atoms with Crippen LogP contribution in [0.2, 0.25) is 0 Å². The highest BCUT2D eigenvalue weighted by Crippen LogP contribution is 2.00. The fourth-order valence-electron chi connectivity index (χ4n) is 0.449. The molecule has 0 aliphatic heterocycles. The zero-order valence-corrected chi connectivity index (χ0v) is 6.02. The Morgan fingerprint density at radius 3 is 2.70 bits per heavy atom. The highest BCUT2D eigenvalue weighted by molar-refractivity contribution is 5.87. The number of ether oxygens (including phenoxy) is 1. The van der Waals surface area contributed by atoms with Gasteiger partial charge in [-0.25, -0.2) is 4.79 Å².